The first-order chi connectivity index (χ1) is 11.3. The van der Waals surface area contributed by atoms with Gasteiger partial charge in [0.25, 0.3) is 0 Å². The third-order valence-corrected chi connectivity index (χ3v) is 3.79. The standard InChI is InChI=1S/C18H13N3O2/c1-23-18(22)13-7-4-8-14-16(13)21-17(20-14)15-9-11-5-2-3-6-12(11)10-19-15/h2-10H,1H3,(H,20,21). The summed E-state index contributed by atoms with van der Waals surface area (Å²) in [6.07, 6.45) is 1.82. The minimum atomic E-state index is -0.403. The highest BCUT2D eigenvalue weighted by Gasteiger charge is 2.15. The van der Waals surface area contributed by atoms with Gasteiger partial charge in [0.05, 0.1) is 18.2 Å². The first-order valence-electron chi connectivity index (χ1n) is 7.18. The predicted octanol–water partition coefficient (Wildman–Crippen LogP) is 3.56. The smallest absolute Gasteiger partial charge is 0.340 e. The Hall–Kier alpha value is -3.21. The minimum Gasteiger partial charge on any atom is -0.465 e. The fourth-order valence-electron chi connectivity index (χ4n) is 2.64. The summed E-state index contributed by atoms with van der Waals surface area (Å²) in [5.74, 6) is 0.224. The van der Waals surface area contributed by atoms with Crippen molar-refractivity contribution in [1.29, 1.82) is 0 Å². The number of carbonyl (C=O) groups is 1. The van der Waals surface area contributed by atoms with Gasteiger partial charge in [-0.2, -0.15) is 0 Å². The zero-order valence-corrected chi connectivity index (χ0v) is 12.4. The van der Waals surface area contributed by atoms with Gasteiger partial charge >= 0.3 is 5.97 Å². The van der Waals surface area contributed by atoms with Crippen LogP contribution < -0.4 is 0 Å². The molecule has 0 bridgehead atoms. The highest BCUT2D eigenvalue weighted by molar-refractivity contribution is 6.02. The summed E-state index contributed by atoms with van der Waals surface area (Å²) in [4.78, 5) is 24.1. The van der Waals surface area contributed by atoms with Crippen LogP contribution in [0, 0.1) is 0 Å². The molecule has 1 N–H and O–H groups in total. The molecule has 0 aliphatic rings. The van der Waals surface area contributed by atoms with E-state index in [1.165, 1.54) is 7.11 Å². The molecule has 0 radical (unpaired) electrons. The Balaban J connectivity index is 1.89. The van der Waals surface area contributed by atoms with E-state index in [2.05, 4.69) is 15.0 Å². The van der Waals surface area contributed by atoms with Crippen LogP contribution in [-0.4, -0.2) is 28.0 Å². The van der Waals surface area contributed by atoms with E-state index in [1.807, 2.05) is 42.6 Å². The third-order valence-electron chi connectivity index (χ3n) is 3.79. The van der Waals surface area contributed by atoms with Gasteiger partial charge in [0.15, 0.2) is 5.82 Å². The number of esters is 1. The maximum Gasteiger partial charge on any atom is 0.340 e. The van der Waals surface area contributed by atoms with Crippen molar-refractivity contribution in [2.75, 3.05) is 7.11 Å². The number of aromatic nitrogens is 3. The highest BCUT2D eigenvalue weighted by atomic mass is 16.5. The van der Waals surface area contributed by atoms with Gasteiger partial charge in [-0.05, 0) is 23.6 Å². The first kappa shape index (κ1) is 13.5. The zero-order valence-electron chi connectivity index (χ0n) is 12.4. The molecule has 0 amide bonds. The molecule has 2 aromatic heterocycles. The van der Waals surface area contributed by atoms with E-state index in [1.54, 1.807) is 12.1 Å². The molecule has 2 aromatic carbocycles. The summed E-state index contributed by atoms with van der Waals surface area (Å²) in [5, 5.41) is 2.16. The molecule has 0 unspecified atom stereocenters. The maximum absolute atomic E-state index is 11.9. The summed E-state index contributed by atoms with van der Waals surface area (Å²) in [7, 11) is 1.36. The lowest BCUT2D eigenvalue weighted by Crippen LogP contribution is -2.01. The second-order valence-corrected chi connectivity index (χ2v) is 5.20. The van der Waals surface area contributed by atoms with Crippen LogP contribution in [0.5, 0.6) is 0 Å². The molecule has 0 aliphatic carbocycles. The number of fused-ring (bicyclic) bond motifs is 2. The van der Waals surface area contributed by atoms with Gasteiger partial charge in [0, 0.05) is 11.6 Å². The van der Waals surface area contributed by atoms with E-state index >= 15 is 0 Å². The van der Waals surface area contributed by atoms with E-state index < -0.39 is 5.97 Å². The number of nitrogens with one attached hydrogen (secondary N) is 1. The number of hydrogen-bond donors (Lipinski definition) is 1. The van der Waals surface area contributed by atoms with E-state index in [0.29, 0.717) is 16.9 Å². The molecule has 5 heteroatoms. The molecule has 5 nitrogen and oxygen atoms in total. The number of benzene rings is 2. The molecule has 23 heavy (non-hydrogen) atoms. The normalized spacial score (nSPS) is 11.0. The number of ether oxygens (including phenoxy) is 1. The highest BCUT2D eigenvalue weighted by Crippen LogP contribution is 2.24. The van der Waals surface area contributed by atoms with Gasteiger partial charge in [0.1, 0.15) is 11.2 Å². The van der Waals surface area contributed by atoms with E-state index in [0.717, 1.165) is 22.0 Å². The number of para-hydroxylation sites is 1. The van der Waals surface area contributed by atoms with Gasteiger partial charge in [-0.1, -0.05) is 30.3 Å². The van der Waals surface area contributed by atoms with Crippen LogP contribution in [0.2, 0.25) is 0 Å². The second kappa shape index (κ2) is 5.21. The lowest BCUT2D eigenvalue weighted by molar-refractivity contribution is 0.0603. The Bertz CT molecular complexity index is 1040. The molecule has 0 atom stereocenters. The van der Waals surface area contributed by atoms with Gasteiger partial charge in [-0.25, -0.2) is 9.78 Å². The SMILES string of the molecule is COC(=O)c1cccc2[nH]c(-c3cc4ccccc4cn3)nc12. The lowest BCUT2D eigenvalue weighted by atomic mass is 10.1. The molecule has 0 saturated heterocycles. The number of H-pyrrole nitrogens is 1. The maximum atomic E-state index is 11.9. The Morgan fingerprint density at radius 2 is 1.91 bits per heavy atom. The van der Waals surface area contributed by atoms with Crippen LogP contribution >= 0.6 is 0 Å². The quantitative estimate of drug-likeness (QED) is 0.575. The van der Waals surface area contributed by atoms with Crippen molar-refractivity contribution in [2.45, 2.75) is 0 Å². The summed E-state index contributed by atoms with van der Waals surface area (Å²) in [5.41, 5.74) is 2.53. The zero-order chi connectivity index (χ0) is 15.8. The predicted molar refractivity (Wildman–Crippen MR) is 88.2 cm³/mol. The molecule has 0 aliphatic heterocycles. The van der Waals surface area contributed by atoms with E-state index in [4.69, 9.17) is 4.74 Å². The number of carbonyl (C=O) groups excluding carboxylic acids is 1. The first-order valence-corrected chi connectivity index (χ1v) is 7.18. The van der Waals surface area contributed by atoms with Crippen LogP contribution in [0.25, 0.3) is 33.3 Å². The van der Waals surface area contributed by atoms with Gasteiger partial charge in [-0.3, -0.25) is 4.98 Å². The number of rotatable bonds is 2. The summed E-state index contributed by atoms with van der Waals surface area (Å²) in [6, 6.07) is 15.4. The molecule has 2 heterocycles. The number of hydrogen-bond acceptors (Lipinski definition) is 4. The fraction of sp³-hybridized carbons (Fsp3) is 0.0556. The van der Waals surface area contributed by atoms with E-state index in [9.17, 15) is 4.79 Å². The Kier molecular flexibility index (Phi) is 3.05. The number of methoxy groups -OCH3 is 1. The lowest BCUT2D eigenvalue weighted by Gasteiger charge is -1.99. The average molecular weight is 303 g/mol. The molecule has 0 saturated carbocycles. The Labute approximate surface area is 132 Å². The minimum absolute atomic E-state index is 0.403. The topological polar surface area (TPSA) is 67.9 Å². The molecule has 0 fully saturated rings. The number of pyridine rings is 1. The molecular formula is C18H13N3O2. The summed E-state index contributed by atoms with van der Waals surface area (Å²) in [6.45, 7) is 0. The van der Waals surface area contributed by atoms with Gasteiger partial charge in [0.2, 0.25) is 0 Å². The van der Waals surface area contributed by atoms with Crippen molar-refractivity contribution < 1.29 is 9.53 Å². The van der Waals surface area contributed by atoms with Crippen LogP contribution in [0.3, 0.4) is 0 Å². The Morgan fingerprint density at radius 1 is 1.09 bits per heavy atom. The van der Waals surface area contributed by atoms with Crippen molar-refractivity contribution in [1.82, 2.24) is 15.0 Å². The number of aromatic amines is 1. The molecule has 112 valence electrons. The molecule has 4 rings (SSSR count). The van der Waals surface area contributed by atoms with Crippen LogP contribution in [0.15, 0.2) is 54.7 Å². The number of nitrogens with zero attached hydrogens (tertiary/aromatic N) is 2. The van der Waals surface area contributed by atoms with Crippen molar-refractivity contribution in [2.24, 2.45) is 0 Å². The van der Waals surface area contributed by atoms with Crippen molar-refractivity contribution in [3.8, 4) is 11.5 Å². The van der Waals surface area contributed by atoms with Crippen molar-refractivity contribution in [3.63, 3.8) is 0 Å². The molecule has 0 spiro atoms. The van der Waals surface area contributed by atoms with Crippen LogP contribution in [0.4, 0.5) is 0 Å². The van der Waals surface area contributed by atoms with Crippen LogP contribution in [-0.2, 0) is 4.74 Å². The molecular weight excluding hydrogens is 290 g/mol. The van der Waals surface area contributed by atoms with Crippen LogP contribution in [0.1, 0.15) is 10.4 Å². The van der Waals surface area contributed by atoms with Gasteiger partial charge < -0.3 is 9.72 Å². The average Bonchev–Trinajstić information content (AvgIpc) is 3.04. The summed E-state index contributed by atoms with van der Waals surface area (Å²) >= 11 is 0. The number of imidazole rings is 1. The second-order valence-electron chi connectivity index (χ2n) is 5.20. The van der Waals surface area contributed by atoms with Crippen molar-refractivity contribution >= 4 is 27.8 Å². The summed E-state index contributed by atoms with van der Waals surface area (Å²) < 4.78 is 4.81. The van der Waals surface area contributed by atoms with E-state index in [-0.39, 0.29) is 0 Å². The van der Waals surface area contributed by atoms with Crippen molar-refractivity contribution in [3.05, 3.63) is 60.3 Å². The largest absolute Gasteiger partial charge is 0.465 e. The Morgan fingerprint density at radius 3 is 2.74 bits per heavy atom. The monoisotopic (exact) mass is 303 g/mol. The fourth-order valence-corrected chi connectivity index (χ4v) is 2.64. The van der Waals surface area contributed by atoms with Gasteiger partial charge in [-0.15, -0.1) is 0 Å². The molecule has 4 aromatic rings. The third kappa shape index (κ3) is 2.23.